The molecule has 0 spiro atoms. The van der Waals surface area contributed by atoms with Gasteiger partial charge in [0.05, 0.1) is 17.7 Å². The average molecular weight is 463 g/mol. The van der Waals surface area contributed by atoms with Crippen molar-refractivity contribution in [3.05, 3.63) is 46.5 Å². The average Bonchev–Trinajstić information content (AvgIpc) is 2.70. The van der Waals surface area contributed by atoms with Gasteiger partial charge in [0.25, 0.3) is 23.6 Å². The van der Waals surface area contributed by atoms with Crippen LogP contribution in [-0.4, -0.2) is 58.1 Å². The topological polar surface area (TPSA) is 101 Å². The van der Waals surface area contributed by atoms with E-state index in [1.165, 1.54) is 0 Å². The first-order valence-corrected chi connectivity index (χ1v) is 8.53. The maximum atomic E-state index is 13.9. The van der Waals surface area contributed by atoms with E-state index in [4.69, 9.17) is 5.84 Å². The van der Waals surface area contributed by atoms with Gasteiger partial charge in [-0.25, -0.2) is 10.9 Å². The van der Waals surface area contributed by atoms with E-state index < -0.39 is 64.2 Å². The lowest BCUT2D eigenvalue weighted by Gasteiger charge is -2.34. The normalized spacial score (nSPS) is 17.0. The summed E-state index contributed by atoms with van der Waals surface area (Å²) < 4.78 is 91.8. The van der Waals surface area contributed by atoms with E-state index in [1.54, 1.807) is 0 Å². The van der Waals surface area contributed by atoms with Crippen molar-refractivity contribution in [1.82, 2.24) is 9.91 Å². The van der Waals surface area contributed by atoms with Crippen LogP contribution in [0.25, 0.3) is 10.8 Å². The highest BCUT2D eigenvalue weighted by molar-refractivity contribution is 6.33. The number of imide groups is 2. The SMILES string of the molecule is NN1C(=O)c2ccc3c4c(ccc(c24)C1=O)C(=O)N(CC(F)(F)C(F)(F)C(F)(F)F)C3=O. The fraction of sp³-hybridized carbons (Fsp3) is 0.222. The predicted molar refractivity (Wildman–Crippen MR) is 90.0 cm³/mol. The zero-order chi connectivity index (χ0) is 24.0. The molecule has 4 amide bonds. The van der Waals surface area contributed by atoms with Crippen LogP contribution in [0.15, 0.2) is 24.3 Å². The molecule has 0 saturated carbocycles. The molecule has 4 rings (SSSR count). The molecule has 0 atom stereocenters. The van der Waals surface area contributed by atoms with E-state index in [9.17, 15) is 49.9 Å². The number of hydrazine groups is 1. The molecular weight excluding hydrogens is 455 g/mol. The summed E-state index contributed by atoms with van der Waals surface area (Å²) in [6, 6.07) is 3.78. The first-order valence-electron chi connectivity index (χ1n) is 8.53. The van der Waals surface area contributed by atoms with Crippen LogP contribution >= 0.6 is 0 Å². The smallest absolute Gasteiger partial charge is 0.269 e. The molecule has 2 heterocycles. The molecule has 0 bridgehead atoms. The minimum atomic E-state index is -6.65. The van der Waals surface area contributed by atoms with E-state index >= 15 is 0 Å². The zero-order valence-electron chi connectivity index (χ0n) is 15.3. The number of carbonyl (C=O) groups is 4. The summed E-state index contributed by atoms with van der Waals surface area (Å²) in [7, 11) is 0. The van der Waals surface area contributed by atoms with E-state index in [0.717, 1.165) is 24.3 Å². The number of carbonyl (C=O) groups excluding carboxylic acids is 4. The molecule has 14 heteroatoms. The number of amides is 4. The lowest BCUT2D eigenvalue weighted by Crippen LogP contribution is -2.59. The van der Waals surface area contributed by atoms with E-state index in [0.29, 0.717) is 0 Å². The van der Waals surface area contributed by atoms with Crippen LogP contribution in [0, 0.1) is 0 Å². The van der Waals surface area contributed by atoms with Crippen molar-refractivity contribution >= 4 is 34.4 Å². The van der Waals surface area contributed by atoms with Gasteiger partial charge in [0, 0.05) is 21.9 Å². The minimum Gasteiger partial charge on any atom is -0.269 e. The van der Waals surface area contributed by atoms with Gasteiger partial charge in [-0.1, -0.05) is 0 Å². The highest BCUT2D eigenvalue weighted by Crippen LogP contribution is 2.47. The van der Waals surface area contributed by atoms with Gasteiger partial charge >= 0.3 is 18.0 Å². The van der Waals surface area contributed by atoms with Crippen molar-refractivity contribution in [3.63, 3.8) is 0 Å². The third kappa shape index (κ3) is 2.58. The van der Waals surface area contributed by atoms with Gasteiger partial charge in [0.1, 0.15) is 0 Å². The Morgan fingerprint density at radius 2 is 1.00 bits per heavy atom. The van der Waals surface area contributed by atoms with Gasteiger partial charge < -0.3 is 0 Å². The quantitative estimate of drug-likeness (QED) is 0.327. The van der Waals surface area contributed by atoms with Crippen LogP contribution < -0.4 is 5.84 Å². The van der Waals surface area contributed by atoms with Crippen molar-refractivity contribution in [3.8, 4) is 0 Å². The van der Waals surface area contributed by atoms with Crippen molar-refractivity contribution in [2.24, 2.45) is 5.84 Å². The summed E-state index contributed by atoms with van der Waals surface area (Å²) in [4.78, 5) is 49.4. The second-order valence-corrected chi connectivity index (χ2v) is 7.02. The summed E-state index contributed by atoms with van der Waals surface area (Å²) in [6.45, 7) is -2.56. The Hall–Kier alpha value is -3.55. The Morgan fingerprint density at radius 1 is 0.656 bits per heavy atom. The highest BCUT2D eigenvalue weighted by Gasteiger charge is 2.73. The van der Waals surface area contributed by atoms with Gasteiger partial charge in [-0.2, -0.15) is 30.7 Å². The van der Waals surface area contributed by atoms with Crippen molar-refractivity contribution in [2.75, 3.05) is 6.54 Å². The van der Waals surface area contributed by atoms with E-state index in [-0.39, 0.29) is 26.9 Å². The van der Waals surface area contributed by atoms with Crippen LogP contribution in [-0.2, 0) is 0 Å². The van der Waals surface area contributed by atoms with E-state index in [1.807, 2.05) is 0 Å². The molecule has 2 aliphatic heterocycles. The van der Waals surface area contributed by atoms with E-state index in [2.05, 4.69) is 0 Å². The number of rotatable bonds is 3. The third-order valence-electron chi connectivity index (χ3n) is 5.18. The van der Waals surface area contributed by atoms with Crippen LogP contribution in [0.3, 0.4) is 0 Å². The lowest BCUT2D eigenvalue weighted by atomic mass is 9.86. The predicted octanol–water partition coefficient (Wildman–Crippen LogP) is 2.74. The molecule has 32 heavy (non-hydrogen) atoms. The Kier molecular flexibility index (Phi) is 4.23. The van der Waals surface area contributed by atoms with Crippen LogP contribution in [0.4, 0.5) is 30.7 Å². The Labute approximate surface area is 172 Å². The fourth-order valence-electron chi connectivity index (χ4n) is 3.59. The summed E-state index contributed by atoms with van der Waals surface area (Å²) in [5, 5.41) is -0.213. The number of nitrogens with two attached hydrogens (primary N) is 1. The third-order valence-corrected chi connectivity index (χ3v) is 5.18. The fourth-order valence-corrected chi connectivity index (χ4v) is 3.59. The lowest BCUT2D eigenvalue weighted by molar-refractivity contribution is -0.354. The molecule has 0 fully saturated rings. The molecule has 2 aliphatic rings. The minimum absolute atomic E-state index is 0.189. The van der Waals surface area contributed by atoms with Gasteiger partial charge in [-0.05, 0) is 24.3 Å². The number of benzene rings is 2. The summed E-state index contributed by atoms with van der Waals surface area (Å²) in [5.41, 5.74) is -1.49. The van der Waals surface area contributed by atoms with Gasteiger partial charge in [0.15, 0.2) is 0 Å². The summed E-state index contributed by atoms with van der Waals surface area (Å²) >= 11 is 0. The molecule has 7 nitrogen and oxygen atoms in total. The number of halogens is 7. The zero-order valence-corrected chi connectivity index (χ0v) is 15.3. The molecule has 168 valence electrons. The number of hydrogen-bond acceptors (Lipinski definition) is 5. The molecule has 0 aliphatic carbocycles. The van der Waals surface area contributed by atoms with Crippen LogP contribution in [0.5, 0.6) is 0 Å². The Balaban J connectivity index is 1.87. The largest absolute Gasteiger partial charge is 0.459 e. The maximum Gasteiger partial charge on any atom is 0.459 e. The standard InChI is InChI=1S/C18H8F7N3O4/c19-16(20,17(21,22)18(23,24)25)5-27-12(29)6-1-3-8-11-9(15(32)28(26)14(8)31)4-2-7(10(6)11)13(27)30/h1-4H,5,26H2. The molecule has 2 aromatic carbocycles. The van der Waals surface area contributed by atoms with Crippen molar-refractivity contribution in [2.45, 2.75) is 18.0 Å². The number of alkyl halides is 7. The molecule has 2 N–H and O–H groups in total. The maximum absolute atomic E-state index is 13.9. The van der Waals surface area contributed by atoms with Gasteiger partial charge in [-0.3, -0.25) is 24.1 Å². The first-order chi connectivity index (χ1) is 14.6. The van der Waals surface area contributed by atoms with Crippen LogP contribution in [0.1, 0.15) is 41.4 Å². The second-order valence-electron chi connectivity index (χ2n) is 7.02. The van der Waals surface area contributed by atoms with Gasteiger partial charge in [0.2, 0.25) is 0 Å². The molecule has 0 unspecified atom stereocenters. The number of nitrogens with zero attached hydrogens (tertiary/aromatic N) is 2. The molecule has 2 aromatic rings. The van der Waals surface area contributed by atoms with Crippen LogP contribution in [0.2, 0.25) is 0 Å². The number of hydrogen-bond donors (Lipinski definition) is 1. The highest BCUT2D eigenvalue weighted by atomic mass is 19.4. The van der Waals surface area contributed by atoms with Crippen molar-refractivity contribution in [1.29, 1.82) is 0 Å². The first kappa shape index (κ1) is 21.7. The second kappa shape index (κ2) is 6.25. The summed E-state index contributed by atoms with van der Waals surface area (Å²) in [6.07, 6.45) is -6.65. The molecule has 0 aromatic heterocycles. The molecule has 0 radical (unpaired) electrons. The Morgan fingerprint density at radius 3 is 1.34 bits per heavy atom. The molecule has 0 saturated heterocycles. The van der Waals surface area contributed by atoms with Crippen molar-refractivity contribution < 1.29 is 49.9 Å². The Bertz CT molecular complexity index is 1180. The molecular formula is C18H8F7N3O4. The van der Waals surface area contributed by atoms with Gasteiger partial charge in [-0.15, -0.1) is 0 Å². The summed E-state index contributed by atoms with van der Waals surface area (Å²) in [5.74, 6) is -12.2. The monoisotopic (exact) mass is 463 g/mol.